The molecule has 27 heavy (non-hydrogen) atoms. The van der Waals surface area contributed by atoms with Gasteiger partial charge in [0.1, 0.15) is 0 Å². The van der Waals surface area contributed by atoms with Gasteiger partial charge in [-0.3, -0.25) is 14.5 Å². The molecule has 0 heterocycles. The summed E-state index contributed by atoms with van der Waals surface area (Å²) in [7, 11) is 6.60. The van der Waals surface area contributed by atoms with Crippen molar-refractivity contribution in [3.05, 3.63) is 53.6 Å². The van der Waals surface area contributed by atoms with Gasteiger partial charge in [0, 0.05) is 24.8 Å². The minimum atomic E-state index is -0.198. The first kappa shape index (κ1) is 20.3. The summed E-state index contributed by atoms with van der Waals surface area (Å²) in [5, 5.41) is 5.37. The van der Waals surface area contributed by atoms with Crippen LogP contribution in [0.3, 0.4) is 0 Å². The summed E-state index contributed by atoms with van der Waals surface area (Å²) in [4.78, 5) is 25.9. The van der Waals surface area contributed by atoms with Crippen molar-refractivity contribution in [2.24, 2.45) is 0 Å². The fourth-order valence-electron chi connectivity index (χ4n) is 2.67. The summed E-state index contributed by atoms with van der Waals surface area (Å²) in [6, 6.07) is 12.5. The third-order valence-corrected chi connectivity index (χ3v) is 3.95. The molecule has 0 fully saturated rings. The second kappa shape index (κ2) is 9.59. The van der Waals surface area contributed by atoms with Crippen molar-refractivity contribution in [1.82, 2.24) is 10.2 Å². The molecule has 2 aromatic carbocycles. The van der Waals surface area contributed by atoms with E-state index in [4.69, 9.17) is 9.47 Å². The van der Waals surface area contributed by atoms with Gasteiger partial charge in [-0.25, -0.2) is 0 Å². The van der Waals surface area contributed by atoms with Crippen molar-refractivity contribution < 1.29 is 19.1 Å². The van der Waals surface area contributed by atoms with Gasteiger partial charge in [0.2, 0.25) is 5.91 Å². The predicted molar refractivity (Wildman–Crippen MR) is 104 cm³/mol. The number of hydrogen-bond acceptors (Lipinski definition) is 5. The van der Waals surface area contributed by atoms with Crippen molar-refractivity contribution >= 4 is 17.5 Å². The number of benzene rings is 2. The summed E-state index contributed by atoms with van der Waals surface area (Å²) in [5.74, 6) is 0.959. The first-order valence-electron chi connectivity index (χ1n) is 8.48. The SMILES string of the molecule is CNC(=O)c1cccc(NC(=O)CN(C)Cc2ccc(OC)c(OC)c2)c1. The third kappa shape index (κ3) is 5.72. The normalized spacial score (nSPS) is 10.4. The quantitative estimate of drug-likeness (QED) is 0.743. The van der Waals surface area contributed by atoms with Crippen LogP contribution in [0.15, 0.2) is 42.5 Å². The zero-order chi connectivity index (χ0) is 19.8. The van der Waals surface area contributed by atoms with E-state index in [1.807, 2.05) is 30.1 Å². The number of anilines is 1. The molecule has 2 rings (SSSR count). The Morgan fingerprint density at radius 2 is 1.78 bits per heavy atom. The molecule has 0 atom stereocenters. The maximum Gasteiger partial charge on any atom is 0.251 e. The van der Waals surface area contributed by atoms with Gasteiger partial charge in [-0.15, -0.1) is 0 Å². The molecule has 0 aromatic heterocycles. The molecule has 2 amide bonds. The number of nitrogens with one attached hydrogen (secondary N) is 2. The van der Waals surface area contributed by atoms with E-state index in [0.717, 1.165) is 5.56 Å². The minimum Gasteiger partial charge on any atom is -0.493 e. The number of ether oxygens (including phenoxy) is 2. The highest BCUT2D eigenvalue weighted by molar-refractivity contribution is 5.97. The van der Waals surface area contributed by atoms with Crippen LogP contribution in [0.1, 0.15) is 15.9 Å². The zero-order valence-electron chi connectivity index (χ0n) is 16.0. The van der Waals surface area contributed by atoms with E-state index < -0.39 is 0 Å². The smallest absolute Gasteiger partial charge is 0.251 e. The summed E-state index contributed by atoms with van der Waals surface area (Å²) in [6.07, 6.45) is 0. The largest absolute Gasteiger partial charge is 0.493 e. The van der Waals surface area contributed by atoms with Gasteiger partial charge in [-0.05, 0) is 42.9 Å². The Morgan fingerprint density at radius 1 is 1.04 bits per heavy atom. The van der Waals surface area contributed by atoms with E-state index >= 15 is 0 Å². The Bertz CT molecular complexity index is 808. The van der Waals surface area contributed by atoms with Crippen LogP contribution in [0.4, 0.5) is 5.69 Å². The summed E-state index contributed by atoms with van der Waals surface area (Å²) in [5.41, 5.74) is 2.08. The van der Waals surface area contributed by atoms with Crippen LogP contribution in [0.25, 0.3) is 0 Å². The Labute approximate surface area is 159 Å². The van der Waals surface area contributed by atoms with Crippen LogP contribution in [-0.4, -0.2) is 51.6 Å². The van der Waals surface area contributed by atoms with Gasteiger partial charge in [-0.2, -0.15) is 0 Å². The highest BCUT2D eigenvalue weighted by Gasteiger charge is 2.11. The van der Waals surface area contributed by atoms with Crippen LogP contribution < -0.4 is 20.1 Å². The van der Waals surface area contributed by atoms with E-state index in [0.29, 0.717) is 29.3 Å². The molecule has 0 saturated heterocycles. The Morgan fingerprint density at radius 3 is 2.44 bits per heavy atom. The van der Waals surface area contributed by atoms with Gasteiger partial charge in [0.25, 0.3) is 5.91 Å². The van der Waals surface area contributed by atoms with Crippen molar-refractivity contribution in [3.8, 4) is 11.5 Å². The third-order valence-electron chi connectivity index (χ3n) is 3.95. The van der Waals surface area contributed by atoms with Crippen molar-refractivity contribution in [2.45, 2.75) is 6.54 Å². The number of carbonyl (C=O) groups excluding carboxylic acids is 2. The average molecular weight is 371 g/mol. The van der Waals surface area contributed by atoms with Gasteiger partial charge < -0.3 is 20.1 Å². The maximum atomic E-state index is 12.3. The summed E-state index contributed by atoms with van der Waals surface area (Å²) in [6.45, 7) is 0.782. The van der Waals surface area contributed by atoms with Gasteiger partial charge >= 0.3 is 0 Å². The second-order valence-electron chi connectivity index (χ2n) is 6.07. The van der Waals surface area contributed by atoms with Crippen LogP contribution in [0, 0.1) is 0 Å². The van der Waals surface area contributed by atoms with Gasteiger partial charge in [0.15, 0.2) is 11.5 Å². The van der Waals surface area contributed by atoms with Crippen LogP contribution in [0.5, 0.6) is 11.5 Å². The zero-order valence-corrected chi connectivity index (χ0v) is 16.0. The molecule has 0 bridgehead atoms. The summed E-state index contributed by atoms with van der Waals surface area (Å²) < 4.78 is 10.5. The van der Waals surface area contributed by atoms with E-state index in [-0.39, 0.29) is 18.4 Å². The first-order valence-corrected chi connectivity index (χ1v) is 8.48. The number of rotatable bonds is 8. The molecule has 0 radical (unpaired) electrons. The first-order chi connectivity index (χ1) is 13.0. The molecule has 0 aliphatic carbocycles. The second-order valence-corrected chi connectivity index (χ2v) is 6.07. The lowest BCUT2D eigenvalue weighted by atomic mass is 10.2. The molecule has 2 aromatic rings. The molecule has 7 heteroatoms. The number of methoxy groups -OCH3 is 2. The Kier molecular flexibility index (Phi) is 7.19. The standard InChI is InChI=1S/C20H25N3O4/c1-21-20(25)15-6-5-7-16(11-15)22-19(24)13-23(2)12-14-8-9-17(26-3)18(10-14)27-4/h5-11H,12-13H2,1-4H3,(H,21,25)(H,22,24). The summed E-state index contributed by atoms with van der Waals surface area (Å²) >= 11 is 0. The maximum absolute atomic E-state index is 12.3. The molecule has 0 unspecified atom stereocenters. The Balaban J connectivity index is 1.95. The fourth-order valence-corrected chi connectivity index (χ4v) is 2.67. The van der Waals surface area contributed by atoms with Crippen LogP contribution >= 0.6 is 0 Å². The van der Waals surface area contributed by atoms with Crippen LogP contribution in [0.2, 0.25) is 0 Å². The molecule has 0 spiro atoms. The number of carbonyl (C=O) groups is 2. The van der Waals surface area contributed by atoms with Crippen molar-refractivity contribution in [1.29, 1.82) is 0 Å². The monoisotopic (exact) mass is 371 g/mol. The molecule has 2 N–H and O–H groups in total. The van der Waals surface area contributed by atoms with Gasteiger partial charge in [0.05, 0.1) is 20.8 Å². The predicted octanol–water partition coefficient (Wildman–Crippen LogP) is 2.13. The van der Waals surface area contributed by atoms with Crippen molar-refractivity contribution in [3.63, 3.8) is 0 Å². The van der Waals surface area contributed by atoms with Gasteiger partial charge in [-0.1, -0.05) is 12.1 Å². The number of nitrogens with zero attached hydrogens (tertiary/aromatic N) is 1. The number of hydrogen-bond donors (Lipinski definition) is 2. The molecule has 0 aliphatic heterocycles. The lowest BCUT2D eigenvalue weighted by Gasteiger charge is -2.17. The lowest BCUT2D eigenvalue weighted by Crippen LogP contribution is -2.30. The topological polar surface area (TPSA) is 79.9 Å². The average Bonchev–Trinajstić information content (AvgIpc) is 2.67. The molecular formula is C20H25N3O4. The Hall–Kier alpha value is -3.06. The lowest BCUT2D eigenvalue weighted by molar-refractivity contribution is -0.117. The van der Waals surface area contributed by atoms with E-state index in [1.165, 1.54) is 0 Å². The van der Waals surface area contributed by atoms with E-state index in [1.54, 1.807) is 45.5 Å². The highest BCUT2D eigenvalue weighted by atomic mass is 16.5. The highest BCUT2D eigenvalue weighted by Crippen LogP contribution is 2.27. The molecular weight excluding hydrogens is 346 g/mol. The van der Waals surface area contributed by atoms with Crippen LogP contribution in [-0.2, 0) is 11.3 Å². The molecule has 7 nitrogen and oxygen atoms in total. The van der Waals surface area contributed by atoms with E-state index in [9.17, 15) is 9.59 Å². The van der Waals surface area contributed by atoms with E-state index in [2.05, 4.69) is 10.6 Å². The molecule has 0 aliphatic rings. The molecule has 0 saturated carbocycles. The van der Waals surface area contributed by atoms with Crippen molar-refractivity contribution in [2.75, 3.05) is 40.2 Å². The number of amides is 2. The molecule has 144 valence electrons. The minimum absolute atomic E-state index is 0.160. The number of likely N-dealkylation sites (N-methyl/N-ethyl adjacent to an activating group) is 1. The fraction of sp³-hybridized carbons (Fsp3) is 0.300.